The van der Waals surface area contributed by atoms with Crippen LogP contribution in [-0.4, -0.2) is 24.4 Å². The summed E-state index contributed by atoms with van der Waals surface area (Å²) in [6.07, 6.45) is 2.47. The third-order valence-electron chi connectivity index (χ3n) is 3.40. The monoisotopic (exact) mass is 275 g/mol. The number of nitrogens with one attached hydrogen (secondary N) is 2. The van der Waals surface area contributed by atoms with Crippen LogP contribution >= 0.6 is 0 Å². The fourth-order valence-corrected chi connectivity index (χ4v) is 1.96. The normalized spacial score (nSPS) is 15.4. The van der Waals surface area contributed by atoms with Crippen LogP contribution in [0.5, 0.6) is 0 Å². The summed E-state index contributed by atoms with van der Waals surface area (Å²) in [6.45, 7) is 2.19. The first-order valence-corrected chi connectivity index (χ1v) is 6.99. The summed E-state index contributed by atoms with van der Waals surface area (Å²) in [5, 5.41) is 5.67. The van der Waals surface area contributed by atoms with E-state index in [-0.39, 0.29) is 17.7 Å². The molecular weight excluding hydrogens is 254 g/mol. The van der Waals surface area contributed by atoms with Gasteiger partial charge in [0.15, 0.2) is 0 Å². The van der Waals surface area contributed by atoms with Crippen molar-refractivity contribution in [2.24, 2.45) is 0 Å². The molecule has 0 radical (unpaired) electrons. The van der Waals surface area contributed by atoms with Gasteiger partial charge < -0.3 is 16.4 Å². The lowest BCUT2D eigenvalue weighted by molar-refractivity contribution is -0.123. The summed E-state index contributed by atoms with van der Waals surface area (Å²) >= 11 is 0. The van der Waals surface area contributed by atoms with Crippen LogP contribution in [0.4, 0.5) is 5.69 Å². The lowest BCUT2D eigenvalue weighted by Gasteiger charge is -2.13. The zero-order valence-corrected chi connectivity index (χ0v) is 11.7. The van der Waals surface area contributed by atoms with E-state index in [1.165, 1.54) is 0 Å². The first-order chi connectivity index (χ1) is 9.56. The second-order valence-electron chi connectivity index (χ2n) is 5.27. The Morgan fingerprint density at radius 3 is 2.80 bits per heavy atom. The van der Waals surface area contributed by atoms with Crippen LogP contribution in [0.2, 0.25) is 0 Å². The molecule has 1 atom stereocenters. The second kappa shape index (κ2) is 6.41. The van der Waals surface area contributed by atoms with E-state index in [0.717, 1.165) is 18.4 Å². The van der Waals surface area contributed by atoms with Crippen molar-refractivity contribution < 1.29 is 9.59 Å². The van der Waals surface area contributed by atoms with Gasteiger partial charge >= 0.3 is 0 Å². The highest BCUT2D eigenvalue weighted by atomic mass is 16.2. The molecule has 1 fully saturated rings. The van der Waals surface area contributed by atoms with Gasteiger partial charge in [0.05, 0.1) is 5.92 Å². The van der Waals surface area contributed by atoms with Crippen molar-refractivity contribution in [3.05, 3.63) is 29.8 Å². The Morgan fingerprint density at radius 2 is 2.15 bits per heavy atom. The minimum Gasteiger partial charge on any atom is -0.399 e. The number of amides is 2. The Labute approximate surface area is 118 Å². The lowest BCUT2D eigenvalue weighted by Crippen LogP contribution is -2.33. The second-order valence-corrected chi connectivity index (χ2v) is 5.27. The molecule has 2 rings (SSSR count). The van der Waals surface area contributed by atoms with Gasteiger partial charge in [-0.15, -0.1) is 0 Å². The van der Waals surface area contributed by atoms with E-state index in [1.54, 1.807) is 12.1 Å². The Bertz CT molecular complexity index is 498. The van der Waals surface area contributed by atoms with Gasteiger partial charge in [-0.3, -0.25) is 9.59 Å². The van der Waals surface area contributed by atoms with Crippen molar-refractivity contribution >= 4 is 17.5 Å². The Kier molecular flexibility index (Phi) is 4.61. The Hall–Kier alpha value is -2.04. The third-order valence-corrected chi connectivity index (χ3v) is 3.40. The minimum absolute atomic E-state index is 0.00408. The molecule has 4 N–H and O–H groups in total. The highest BCUT2D eigenvalue weighted by molar-refractivity contribution is 5.84. The van der Waals surface area contributed by atoms with Crippen molar-refractivity contribution in [3.8, 4) is 0 Å². The van der Waals surface area contributed by atoms with Crippen LogP contribution < -0.4 is 16.4 Å². The fourth-order valence-electron chi connectivity index (χ4n) is 1.96. The number of carbonyl (C=O) groups is 2. The molecule has 1 aliphatic rings. The molecule has 0 heterocycles. The maximum Gasteiger partial charge on any atom is 0.227 e. The molecule has 20 heavy (non-hydrogen) atoms. The van der Waals surface area contributed by atoms with Gasteiger partial charge in [-0.25, -0.2) is 0 Å². The summed E-state index contributed by atoms with van der Waals surface area (Å²) in [5.74, 6) is -0.357. The predicted octanol–water partition coefficient (Wildman–Crippen LogP) is 1.16. The number of nitrogens with two attached hydrogens (primary N) is 1. The van der Waals surface area contributed by atoms with Crippen molar-refractivity contribution in [2.45, 2.75) is 38.1 Å². The van der Waals surface area contributed by atoms with Crippen LogP contribution in [0, 0.1) is 0 Å². The molecule has 0 spiro atoms. The summed E-state index contributed by atoms with van der Waals surface area (Å²) in [5.41, 5.74) is 7.23. The van der Waals surface area contributed by atoms with E-state index in [9.17, 15) is 9.59 Å². The molecule has 0 aromatic heterocycles. The summed E-state index contributed by atoms with van der Waals surface area (Å²) < 4.78 is 0. The van der Waals surface area contributed by atoms with E-state index in [1.807, 2.05) is 19.1 Å². The number of anilines is 1. The molecule has 1 unspecified atom stereocenters. The minimum atomic E-state index is -0.273. The van der Waals surface area contributed by atoms with Gasteiger partial charge in [0.25, 0.3) is 0 Å². The average Bonchev–Trinajstić information content (AvgIpc) is 3.21. The number of rotatable bonds is 6. The molecule has 2 amide bonds. The van der Waals surface area contributed by atoms with Gasteiger partial charge in [0.2, 0.25) is 11.8 Å². The van der Waals surface area contributed by atoms with E-state index in [4.69, 9.17) is 5.73 Å². The summed E-state index contributed by atoms with van der Waals surface area (Å²) in [6, 6.07) is 7.66. The number of benzene rings is 1. The predicted molar refractivity (Wildman–Crippen MR) is 78.1 cm³/mol. The maximum atomic E-state index is 12.0. The zero-order valence-electron chi connectivity index (χ0n) is 11.7. The van der Waals surface area contributed by atoms with Crippen LogP contribution in [0.1, 0.15) is 37.7 Å². The molecule has 0 bridgehead atoms. The molecule has 108 valence electrons. The smallest absolute Gasteiger partial charge is 0.227 e. The molecule has 0 saturated heterocycles. The first kappa shape index (κ1) is 14.4. The molecule has 1 saturated carbocycles. The lowest BCUT2D eigenvalue weighted by atomic mass is 10.00. The van der Waals surface area contributed by atoms with Gasteiger partial charge in [0.1, 0.15) is 0 Å². The molecule has 1 aromatic rings. The first-order valence-electron chi connectivity index (χ1n) is 6.99. The molecule has 5 heteroatoms. The molecule has 1 aliphatic carbocycles. The maximum absolute atomic E-state index is 12.0. The van der Waals surface area contributed by atoms with Crippen LogP contribution in [0.3, 0.4) is 0 Å². The SMILES string of the molecule is CC(C(=O)NCCC(=O)NC1CC1)c1cccc(N)c1. The molecule has 1 aromatic carbocycles. The number of carbonyl (C=O) groups excluding carboxylic acids is 2. The van der Waals surface area contributed by atoms with E-state index in [0.29, 0.717) is 24.7 Å². The van der Waals surface area contributed by atoms with E-state index in [2.05, 4.69) is 10.6 Å². The summed E-state index contributed by atoms with van der Waals surface area (Å²) in [4.78, 5) is 23.5. The van der Waals surface area contributed by atoms with Crippen molar-refractivity contribution in [3.63, 3.8) is 0 Å². The van der Waals surface area contributed by atoms with Crippen LogP contribution in [0.15, 0.2) is 24.3 Å². The van der Waals surface area contributed by atoms with E-state index < -0.39 is 0 Å². The van der Waals surface area contributed by atoms with Crippen molar-refractivity contribution in [1.82, 2.24) is 10.6 Å². The number of hydrogen-bond donors (Lipinski definition) is 3. The Balaban J connectivity index is 1.74. The zero-order chi connectivity index (χ0) is 14.5. The van der Waals surface area contributed by atoms with Crippen molar-refractivity contribution in [2.75, 3.05) is 12.3 Å². The number of nitrogen functional groups attached to an aromatic ring is 1. The van der Waals surface area contributed by atoms with Gasteiger partial charge in [0, 0.05) is 24.7 Å². The Morgan fingerprint density at radius 1 is 1.40 bits per heavy atom. The van der Waals surface area contributed by atoms with Gasteiger partial charge in [-0.1, -0.05) is 12.1 Å². The van der Waals surface area contributed by atoms with Crippen molar-refractivity contribution in [1.29, 1.82) is 0 Å². The standard InChI is InChI=1S/C15H21N3O2/c1-10(11-3-2-4-12(16)9-11)15(20)17-8-7-14(19)18-13-5-6-13/h2-4,9-10,13H,5-8,16H2,1H3,(H,17,20)(H,18,19). The fraction of sp³-hybridized carbons (Fsp3) is 0.467. The number of hydrogen-bond acceptors (Lipinski definition) is 3. The summed E-state index contributed by atoms with van der Waals surface area (Å²) in [7, 11) is 0. The molecule has 5 nitrogen and oxygen atoms in total. The van der Waals surface area contributed by atoms with Gasteiger partial charge in [-0.2, -0.15) is 0 Å². The topological polar surface area (TPSA) is 84.2 Å². The van der Waals surface area contributed by atoms with Crippen LogP contribution in [-0.2, 0) is 9.59 Å². The average molecular weight is 275 g/mol. The van der Waals surface area contributed by atoms with Crippen LogP contribution in [0.25, 0.3) is 0 Å². The third kappa shape index (κ3) is 4.26. The van der Waals surface area contributed by atoms with Gasteiger partial charge in [-0.05, 0) is 37.5 Å². The molecule has 0 aliphatic heterocycles. The van der Waals surface area contributed by atoms with E-state index >= 15 is 0 Å². The highest BCUT2D eigenvalue weighted by Gasteiger charge is 2.23. The quantitative estimate of drug-likeness (QED) is 0.681. The highest BCUT2D eigenvalue weighted by Crippen LogP contribution is 2.19. The molecular formula is C15H21N3O2. The largest absolute Gasteiger partial charge is 0.399 e.